The molecule has 0 unspecified atom stereocenters. The molecule has 1 aliphatic rings. The molecule has 0 aliphatic carbocycles. The van der Waals surface area contributed by atoms with E-state index < -0.39 is 0 Å². The second-order valence-corrected chi connectivity index (χ2v) is 6.05. The van der Waals surface area contributed by atoms with Crippen LogP contribution in [0.2, 0.25) is 0 Å². The summed E-state index contributed by atoms with van der Waals surface area (Å²) >= 11 is 0. The molecule has 3 N–H and O–H groups in total. The molecule has 1 aliphatic heterocycles. The number of rotatable bonds is 4. The molecule has 1 atom stereocenters. The maximum absolute atomic E-state index is 13.0. The first kappa shape index (κ1) is 15.6. The minimum absolute atomic E-state index is 0.185. The number of piperidine rings is 1. The van der Waals surface area contributed by atoms with Crippen LogP contribution in [0.4, 0.5) is 22.0 Å². The van der Waals surface area contributed by atoms with Gasteiger partial charge in [0.25, 0.3) is 0 Å². The van der Waals surface area contributed by atoms with Gasteiger partial charge in [-0.15, -0.1) is 0 Å². The van der Waals surface area contributed by atoms with E-state index in [0.717, 1.165) is 13.1 Å². The molecule has 0 amide bonds. The summed E-state index contributed by atoms with van der Waals surface area (Å²) in [6.07, 6.45) is 2.47. The summed E-state index contributed by atoms with van der Waals surface area (Å²) in [6, 6.07) is 6.01. The fourth-order valence-electron chi connectivity index (χ4n) is 2.86. The average Bonchev–Trinajstić information content (AvgIpc) is 2.49. The van der Waals surface area contributed by atoms with Crippen LogP contribution in [-0.4, -0.2) is 32.9 Å². The van der Waals surface area contributed by atoms with E-state index >= 15 is 0 Å². The summed E-state index contributed by atoms with van der Waals surface area (Å²) in [5.74, 6) is 1.62. The summed E-state index contributed by atoms with van der Waals surface area (Å²) in [6.45, 7) is 5.02. The van der Waals surface area contributed by atoms with E-state index in [2.05, 4.69) is 32.1 Å². The van der Waals surface area contributed by atoms with Crippen LogP contribution in [0.5, 0.6) is 0 Å². The highest BCUT2D eigenvalue weighted by molar-refractivity contribution is 5.53. The third-order valence-electron chi connectivity index (χ3n) is 3.91. The smallest absolute Gasteiger partial charge is 0.232 e. The summed E-state index contributed by atoms with van der Waals surface area (Å²) in [5, 5.41) is 3.03. The Bertz CT molecular complexity index is 660. The number of halogens is 1. The van der Waals surface area contributed by atoms with E-state index in [-0.39, 0.29) is 11.8 Å². The van der Waals surface area contributed by atoms with Gasteiger partial charge >= 0.3 is 0 Å². The van der Waals surface area contributed by atoms with E-state index in [9.17, 15) is 4.39 Å². The lowest BCUT2D eigenvalue weighted by atomic mass is 10.0. The fraction of sp³-hybridized carbons (Fsp3) is 0.438. The van der Waals surface area contributed by atoms with E-state index in [0.29, 0.717) is 29.9 Å². The molecular formula is C16H21FN6. The van der Waals surface area contributed by atoms with Crippen LogP contribution in [0, 0.1) is 11.7 Å². The quantitative estimate of drug-likeness (QED) is 0.902. The number of nitrogens with one attached hydrogen (secondary N) is 1. The molecule has 1 aromatic carbocycles. The van der Waals surface area contributed by atoms with Crippen molar-refractivity contribution < 1.29 is 4.39 Å². The number of nitrogens with two attached hydrogens (primary N) is 1. The first-order chi connectivity index (χ1) is 11.1. The van der Waals surface area contributed by atoms with Crippen LogP contribution in [0.15, 0.2) is 24.3 Å². The summed E-state index contributed by atoms with van der Waals surface area (Å²) in [5.41, 5.74) is 6.49. The van der Waals surface area contributed by atoms with Gasteiger partial charge in [-0.1, -0.05) is 6.92 Å². The number of hydrogen-bond acceptors (Lipinski definition) is 6. The molecule has 0 spiro atoms. The number of nitrogen functional groups attached to an aromatic ring is 1. The second kappa shape index (κ2) is 6.87. The van der Waals surface area contributed by atoms with Gasteiger partial charge in [-0.25, -0.2) is 4.39 Å². The van der Waals surface area contributed by atoms with Crippen molar-refractivity contribution in [3.05, 3.63) is 35.9 Å². The number of benzene rings is 1. The van der Waals surface area contributed by atoms with Crippen molar-refractivity contribution in [3.63, 3.8) is 0 Å². The van der Waals surface area contributed by atoms with Gasteiger partial charge in [0.15, 0.2) is 0 Å². The third kappa shape index (κ3) is 4.35. The first-order valence-electron chi connectivity index (χ1n) is 7.84. The fourth-order valence-corrected chi connectivity index (χ4v) is 2.86. The van der Waals surface area contributed by atoms with Crippen molar-refractivity contribution in [2.45, 2.75) is 26.3 Å². The van der Waals surface area contributed by atoms with Gasteiger partial charge in [-0.05, 0) is 49.6 Å². The first-order valence-corrected chi connectivity index (χ1v) is 7.84. The van der Waals surface area contributed by atoms with E-state index in [1.807, 2.05) is 0 Å². The maximum atomic E-state index is 13.0. The number of hydrogen-bond donors (Lipinski definition) is 2. The standard InChI is InChI=1S/C16H21FN6/c1-11-3-2-8-23(9-11)10-14-20-15(18)22-16(21-14)19-13-6-4-12(17)5-7-13/h4-7,11H,2-3,8-10H2,1H3,(H3,18,19,20,21,22)/t11-/m1/s1. The molecule has 23 heavy (non-hydrogen) atoms. The molecule has 0 radical (unpaired) electrons. The Morgan fingerprint density at radius 3 is 2.78 bits per heavy atom. The predicted molar refractivity (Wildman–Crippen MR) is 87.6 cm³/mol. The van der Waals surface area contributed by atoms with Crippen molar-refractivity contribution in [2.24, 2.45) is 5.92 Å². The zero-order valence-electron chi connectivity index (χ0n) is 13.2. The highest BCUT2D eigenvalue weighted by Crippen LogP contribution is 2.18. The van der Waals surface area contributed by atoms with Gasteiger partial charge in [0, 0.05) is 12.2 Å². The molecule has 0 bridgehead atoms. The van der Waals surface area contributed by atoms with Crippen LogP contribution in [0.25, 0.3) is 0 Å². The van der Waals surface area contributed by atoms with E-state index in [4.69, 9.17) is 5.73 Å². The molecule has 122 valence electrons. The number of likely N-dealkylation sites (tertiary alicyclic amines) is 1. The lowest BCUT2D eigenvalue weighted by molar-refractivity contribution is 0.173. The Morgan fingerprint density at radius 2 is 2.04 bits per heavy atom. The van der Waals surface area contributed by atoms with Gasteiger partial charge in [-0.2, -0.15) is 15.0 Å². The number of nitrogens with zero attached hydrogens (tertiary/aromatic N) is 4. The minimum Gasteiger partial charge on any atom is -0.368 e. The molecular weight excluding hydrogens is 295 g/mol. The van der Waals surface area contributed by atoms with Gasteiger partial charge in [0.1, 0.15) is 11.6 Å². The van der Waals surface area contributed by atoms with Gasteiger partial charge in [-0.3, -0.25) is 4.90 Å². The average molecular weight is 316 g/mol. The van der Waals surface area contributed by atoms with Crippen LogP contribution in [-0.2, 0) is 6.54 Å². The Balaban J connectivity index is 1.72. The van der Waals surface area contributed by atoms with Crippen LogP contribution >= 0.6 is 0 Å². The van der Waals surface area contributed by atoms with Crippen molar-refractivity contribution in [1.82, 2.24) is 19.9 Å². The Hall–Kier alpha value is -2.28. The maximum Gasteiger partial charge on any atom is 0.232 e. The van der Waals surface area contributed by atoms with Crippen LogP contribution in [0.3, 0.4) is 0 Å². The lowest BCUT2D eigenvalue weighted by Crippen LogP contribution is -2.34. The molecule has 2 aromatic rings. The molecule has 0 saturated carbocycles. The zero-order chi connectivity index (χ0) is 16.2. The Kier molecular flexibility index (Phi) is 4.66. The van der Waals surface area contributed by atoms with Crippen molar-refractivity contribution in [3.8, 4) is 0 Å². The molecule has 3 rings (SSSR count). The lowest BCUT2D eigenvalue weighted by Gasteiger charge is -2.30. The third-order valence-corrected chi connectivity index (χ3v) is 3.91. The summed E-state index contributed by atoms with van der Waals surface area (Å²) < 4.78 is 13.0. The van der Waals surface area contributed by atoms with Gasteiger partial charge in [0.05, 0.1) is 6.54 Å². The minimum atomic E-state index is -0.286. The largest absolute Gasteiger partial charge is 0.368 e. The van der Waals surface area contributed by atoms with Crippen molar-refractivity contribution in [1.29, 1.82) is 0 Å². The van der Waals surface area contributed by atoms with Gasteiger partial charge < -0.3 is 11.1 Å². The SMILES string of the molecule is C[C@@H]1CCCN(Cc2nc(N)nc(Nc3ccc(F)cc3)n2)C1. The summed E-state index contributed by atoms with van der Waals surface area (Å²) in [4.78, 5) is 15.1. The van der Waals surface area contributed by atoms with Gasteiger partial charge in [0.2, 0.25) is 11.9 Å². The topological polar surface area (TPSA) is 80.0 Å². The normalized spacial score (nSPS) is 18.8. The molecule has 1 saturated heterocycles. The summed E-state index contributed by atoms with van der Waals surface area (Å²) in [7, 11) is 0. The Labute approximate surface area is 135 Å². The second-order valence-electron chi connectivity index (χ2n) is 6.05. The molecule has 1 aromatic heterocycles. The van der Waals surface area contributed by atoms with E-state index in [1.54, 1.807) is 12.1 Å². The zero-order valence-corrected chi connectivity index (χ0v) is 13.2. The molecule has 7 heteroatoms. The number of anilines is 3. The van der Waals surface area contributed by atoms with E-state index in [1.165, 1.54) is 25.0 Å². The molecule has 2 heterocycles. The van der Waals surface area contributed by atoms with Crippen molar-refractivity contribution in [2.75, 3.05) is 24.1 Å². The monoisotopic (exact) mass is 316 g/mol. The van der Waals surface area contributed by atoms with Crippen LogP contribution < -0.4 is 11.1 Å². The van der Waals surface area contributed by atoms with Crippen molar-refractivity contribution >= 4 is 17.6 Å². The number of aromatic nitrogens is 3. The predicted octanol–water partition coefficient (Wildman–Crippen LogP) is 2.57. The highest BCUT2D eigenvalue weighted by atomic mass is 19.1. The molecule has 6 nitrogen and oxygen atoms in total. The Morgan fingerprint density at radius 1 is 1.26 bits per heavy atom. The van der Waals surface area contributed by atoms with Crippen LogP contribution in [0.1, 0.15) is 25.6 Å². The molecule has 1 fully saturated rings. The highest BCUT2D eigenvalue weighted by Gasteiger charge is 2.18.